The Kier molecular flexibility index (Phi) is 6.61. The van der Waals surface area contributed by atoms with Crippen LogP contribution in [-0.2, 0) is 17.1 Å². The number of carbonyl (C=O) groups excluding carboxylic acids is 1. The largest absolute Gasteiger partial charge is 0.346 e. The van der Waals surface area contributed by atoms with Gasteiger partial charge in [-0.15, -0.1) is 0 Å². The third-order valence-corrected chi connectivity index (χ3v) is 7.19. The van der Waals surface area contributed by atoms with Gasteiger partial charge < -0.3 is 5.32 Å². The zero-order valence-corrected chi connectivity index (χ0v) is 20.4. The van der Waals surface area contributed by atoms with Crippen molar-refractivity contribution in [2.24, 2.45) is 7.05 Å². The highest BCUT2D eigenvalue weighted by Crippen LogP contribution is 2.20. The highest BCUT2D eigenvalue weighted by Gasteiger charge is 2.23. The Morgan fingerprint density at radius 2 is 1.54 bits per heavy atom. The number of benzene rings is 3. The molecule has 0 fully saturated rings. The molecule has 0 radical (unpaired) electrons. The van der Waals surface area contributed by atoms with E-state index in [1.165, 1.54) is 22.9 Å². The molecule has 3 aromatic carbocycles. The lowest BCUT2D eigenvalue weighted by molar-refractivity contribution is 0.0939. The summed E-state index contributed by atoms with van der Waals surface area (Å²) in [6.45, 7) is 3.51. The summed E-state index contributed by atoms with van der Waals surface area (Å²) in [5.74, 6) is -0.402. The number of nitrogens with one attached hydrogen (secondary N) is 2. The van der Waals surface area contributed by atoms with E-state index in [9.17, 15) is 18.0 Å². The first kappa shape index (κ1) is 24.0. The van der Waals surface area contributed by atoms with Gasteiger partial charge in [0.25, 0.3) is 21.5 Å². The molecule has 0 aliphatic heterocycles. The number of anilines is 1. The zero-order chi connectivity index (χ0) is 25.2. The number of hydrogen-bond acceptors (Lipinski definition) is 4. The van der Waals surface area contributed by atoms with Gasteiger partial charge in [-0.25, -0.2) is 13.1 Å². The molecule has 1 heterocycles. The lowest BCUT2D eigenvalue weighted by Crippen LogP contribution is -2.27. The second-order valence-corrected chi connectivity index (χ2v) is 9.86. The molecule has 0 saturated carbocycles. The summed E-state index contributed by atoms with van der Waals surface area (Å²) in [7, 11) is -2.46. The van der Waals surface area contributed by atoms with Gasteiger partial charge in [-0.2, -0.15) is 0 Å². The Hall–Kier alpha value is -4.11. The van der Waals surface area contributed by atoms with Gasteiger partial charge in [-0.1, -0.05) is 54.6 Å². The average Bonchev–Trinajstić information content (AvgIpc) is 3.07. The van der Waals surface area contributed by atoms with E-state index in [4.69, 9.17) is 0 Å². The second-order valence-electron chi connectivity index (χ2n) is 8.18. The third-order valence-electron chi connectivity index (χ3n) is 5.84. The molecule has 0 aliphatic carbocycles. The van der Waals surface area contributed by atoms with E-state index in [0.29, 0.717) is 11.4 Å². The van der Waals surface area contributed by atoms with E-state index in [2.05, 4.69) is 10.0 Å². The topological polar surface area (TPSA) is 102 Å². The van der Waals surface area contributed by atoms with Crippen LogP contribution in [0.25, 0.3) is 5.69 Å². The van der Waals surface area contributed by atoms with Crippen LogP contribution in [0.15, 0.2) is 94.6 Å². The summed E-state index contributed by atoms with van der Waals surface area (Å²) in [6, 6.07) is 23.9. The number of para-hydroxylation sites is 1. The maximum absolute atomic E-state index is 13.2. The van der Waals surface area contributed by atoms with E-state index < -0.39 is 21.5 Å². The standard InChI is InChI=1S/C26H26N4O4S/c1-18(20-11-6-4-7-12-20)27-25(31)21-13-10-16-23(17-21)35(33,34)28-24-19(2)29(3)30(26(24)32)22-14-8-5-9-15-22/h4-18,28H,1-3H3,(H,27,31). The quantitative estimate of drug-likeness (QED) is 0.412. The Balaban J connectivity index is 1.61. The van der Waals surface area contributed by atoms with Crippen molar-refractivity contribution in [2.45, 2.75) is 24.8 Å². The van der Waals surface area contributed by atoms with Crippen molar-refractivity contribution in [1.29, 1.82) is 0 Å². The molecule has 0 spiro atoms. The smallest absolute Gasteiger partial charge is 0.296 e. The van der Waals surface area contributed by atoms with Gasteiger partial charge in [0, 0.05) is 12.6 Å². The fourth-order valence-electron chi connectivity index (χ4n) is 3.79. The zero-order valence-electron chi connectivity index (χ0n) is 19.6. The van der Waals surface area contributed by atoms with E-state index in [1.54, 1.807) is 49.0 Å². The molecular formula is C26H26N4O4S. The van der Waals surface area contributed by atoms with Crippen LogP contribution in [0, 0.1) is 6.92 Å². The highest BCUT2D eigenvalue weighted by atomic mass is 32.2. The van der Waals surface area contributed by atoms with E-state index in [0.717, 1.165) is 5.56 Å². The number of nitrogens with zero attached hydrogens (tertiary/aromatic N) is 2. The van der Waals surface area contributed by atoms with Gasteiger partial charge in [0.15, 0.2) is 0 Å². The number of aromatic nitrogens is 2. The molecule has 0 bridgehead atoms. The molecule has 1 amide bonds. The summed E-state index contributed by atoms with van der Waals surface area (Å²) in [6.07, 6.45) is 0. The third kappa shape index (κ3) is 4.90. The molecule has 1 atom stereocenters. The lowest BCUT2D eigenvalue weighted by atomic mass is 10.1. The van der Waals surface area contributed by atoms with Crippen molar-refractivity contribution in [1.82, 2.24) is 14.7 Å². The normalized spacial score (nSPS) is 12.2. The molecular weight excluding hydrogens is 464 g/mol. The van der Waals surface area contributed by atoms with Gasteiger partial charge in [-0.05, 0) is 49.7 Å². The predicted octanol–water partition coefficient (Wildman–Crippen LogP) is 3.78. The number of carbonyl (C=O) groups is 1. The van der Waals surface area contributed by atoms with Crippen molar-refractivity contribution < 1.29 is 13.2 Å². The minimum absolute atomic E-state index is 0.0519. The van der Waals surface area contributed by atoms with Crippen LogP contribution in [-0.4, -0.2) is 23.7 Å². The van der Waals surface area contributed by atoms with Crippen LogP contribution >= 0.6 is 0 Å². The SMILES string of the molecule is Cc1c(NS(=O)(=O)c2cccc(C(=O)NC(C)c3ccccc3)c2)c(=O)n(-c2ccccc2)n1C. The second kappa shape index (κ2) is 9.63. The summed E-state index contributed by atoms with van der Waals surface area (Å²) in [5.41, 5.74) is 1.64. The molecule has 4 aromatic rings. The average molecular weight is 491 g/mol. The first-order chi connectivity index (χ1) is 16.7. The van der Waals surface area contributed by atoms with Crippen molar-refractivity contribution in [3.63, 3.8) is 0 Å². The van der Waals surface area contributed by atoms with Gasteiger partial charge in [-0.3, -0.25) is 19.0 Å². The Morgan fingerprint density at radius 3 is 2.20 bits per heavy atom. The van der Waals surface area contributed by atoms with Crippen molar-refractivity contribution >= 4 is 21.6 Å². The molecule has 180 valence electrons. The summed E-state index contributed by atoms with van der Waals surface area (Å²) >= 11 is 0. The van der Waals surface area contributed by atoms with Crippen molar-refractivity contribution in [3.8, 4) is 5.69 Å². The maximum atomic E-state index is 13.2. The van der Waals surface area contributed by atoms with E-state index in [-0.39, 0.29) is 22.2 Å². The molecule has 0 saturated heterocycles. The fraction of sp³-hybridized carbons (Fsp3) is 0.154. The molecule has 1 aromatic heterocycles. The fourth-order valence-corrected chi connectivity index (χ4v) is 4.95. The maximum Gasteiger partial charge on any atom is 0.296 e. The molecule has 0 aliphatic rings. The highest BCUT2D eigenvalue weighted by molar-refractivity contribution is 7.92. The van der Waals surface area contributed by atoms with Crippen LogP contribution in [0.3, 0.4) is 0 Å². The van der Waals surface area contributed by atoms with Gasteiger partial charge in [0.2, 0.25) is 0 Å². The molecule has 35 heavy (non-hydrogen) atoms. The Morgan fingerprint density at radius 1 is 0.914 bits per heavy atom. The number of amides is 1. The first-order valence-electron chi connectivity index (χ1n) is 11.0. The van der Waals surface area contributed by atoms with Crippen LogP contribution in [0.5, 0.6) is 0 Å². The summed E-state index contributed by atoms with van der Waals surface area (Å²) < 4.78 is 31.8. The summed E-state index contributed by atoms with van der Waals surface area (Å²) in [4.78, 5) is 25.8. The van der Waals surface area contributed by atoms with Gasteiger partial charge in [0.05, 0.1) is 22.3 Å². The Bertz CT molecular complexity index is 1520. The predicted molar refractivity (Wildman–Crippen MR) is 135 cm³/mol. The first-order valence-corrected chi connectivity index (χ1v) is 12.5. The number of sulfonamides is 1. The number of rotatable bonds is 7. The van der Waals surface area contributed by atoms with Crippen molar-refractivity contribution in [3.05, 3.63) is 112 Å². The van der Waals surface area contributed by atoms with Crippen LogP contribution in [0.4, 0.5) is 5.69 Å². The van der Waals surface area contributed by atoms with E-state index >= 15 is 0 Å². The van der Waals surface area contributed by atoms with Crippen LogP contribution < -0.4 is 15.6 Å². The minimum atomic E-state index is -4.14. The molecule has 1 unspecified atom stereocenters. The van der Waals surface area contributed by atoms with Gasteiger partial charge >= 0.3 is 0 Å². The lowest BCUT2D eigenvalue weighted by Gasteiger charge is -2.15. The summed E-state index contributed by atoms with van der Waals surface area (Å²) in [5, 5.41) is 2.88. The van der Waals surface area contributed by atoms with Crippen LogP contribution in [0.2, 0.25) is 0 Å². The monoisotopic (exact) mass is 490 g/mol. The Labute approximate surface area is 203 Å². The molecule has 9 heteroatoms. The van der Waals surface area contributed by atoms with Crippen LogP contribution in [0.1, 0.15) is 34.6 Å². The van der Waals surface area contributed by atoms with Gasteiger partial charge in [0.1, 0.15) is 5.69 Å². The molecule has 2 N–H and O–H groups in total. The van der Waals surface area contributed by atoms with E-state index in [1.807, 2.05) is 43.3 Å². The minimum Gasteiger partial charge on any atom is -0.346 e. The number of hydrogen-bond donors (Lipinski definition) is 2. The molecule has 8 nitrogen and oxygen atoms in total. The van der Waals surface area contributed by atoms with Crippen molar-refractivity contribution in [2.75, 3.05) is 4.72 Å². The molecule has 4 rings (SSSR count).